The second kappa shape index (κ2) is 6.36. The molecule has 0 spiro atoms. The van der Waals surface area contributed by atoms with Gasteiger partial charge in [-0.1, -0.05) is 6.92 Å². The Morgan fingerprint density at radius 1 is 1.47 bits per heavy atom. The van der Waals surface area contributed by atoms with E-state index in [1.54, 1.807) is 0 Å². The van der Waals surface area contributed by atoms with E-state index in [1.165, 1.54) is 0 Å². The largest absolute Gasteiger partial charge is 0.380 e. The molecule has 0 aromatic heterocycles. The van der Waals surface area contributed by atoms with Crippen molar-refractivity contribution in [1.29, 1.82) is 0 Å². The Hall–Kier alpha value is -0.610. The van der Waals surface area contributed by atoms with Gasteiger partial charge in [0.25, 0.3) is 0 Å². The molecule has 1 rings (SSSR count). The monoisotopic (exact) mass is 242 g/mol. The summed E-state index contributed by atoms with van der Waals surface area (Å²) in [5.74, 6) is 0.855. The first kappa shape index (κ1) is 14.5. The van der Waals surface area contributed by atoms with Gasteiger partial charge in [0.05, 0.1) is 12.0 Å². The van der Waals surface area contributed by atoms with Gasteiger partial charge in [-0.15, -0.1) is 0 Å². The van der Waals surface area contributed by atoms with Gasteiger partial charge < -0.3 is 15.4 Å². The third-order valence-corrected chi connectivity index (χ3v) is 3.70. The molecule has 1 fully saturated rings. The molecule has 4 heteroatoms. The fraction of sp³-hybridized carbons (Fsp3) is 0.923. The van der Waals surface area contributed by atoms with E-state index < -0.39 is 0 Å². The number of nitrogens with two attached hydrogens (primary N) is 1. The van der Waals surface area contributed by atoms with E-state index in [0.29, 0.717) is 32.2 Å². The van der Waals surface area contributed by atoms with Crippen LogP contribution >= 0.6 is 0 Å². The summed E-state index contributed by atoms with van der Waals surface area (Å²) >= 11 is 0. The van der Waals surface area contributed by atoms with Crippen LogP contribution < -0.4 is 5.73 Å². The third-order valence-electron chi connectivity index (χ3n) is 3.70. The van der Waals surface area contributed by atoms with E-state index in [9.17, 15) is 4.79 Å². The second-order valence-electron chi connectivity index (χ2n) is 5.08. The number of hydrogen-bond donors (Lipinski definition) is 1. The molecular weight excluding hydrogens is 216 g/mol. The van der Waals surface area contributed by atoms with Crippen molar-refractivity contribution in [3.8, 4) is 0 Å². The Kier molecular flexibility index (Phi) is 5.40. The number of amides is 1. The standard InChI is InChI=1S/C13H26N2O2/c1-4-15(6-7-17-5-2)12(16)13(10-14)8-11(3)9-13/h11H,4-10,14H2,1-3H3. The number of carbonyl (C=O) groups excluding carboxylic acids is 1. The first-order valence-corrected chi connectivity index (χ1v) is 6.66. The summed E-state index contributed by atoms with van der Waals surface area (Å²) in [7, 11) is 0. The number of likely N-dealkylation sites (N-methyl/N-ethyl adjacent to an activating group) is 1. The van der Waals surface area contributed by atoms with Crippen LogP contribution in [0.2, 0.25) is 0 Å². The molecule has 4 nitrogen and oxygen atoms in total. The first-order valence-electron chi connectivity index (χ1n) is 6.66. The molecule has 0 unspecified atom stereocenters. The Morgan fingerprint density at radius 3 is 2.53 bits per heavy atom. The average Bonchev–Trinajstić information content (AvgIpc) is 2.29. The molecule has 2 N–H and O–H groups in total. The molecule has 0 heterocycles. The minimum Gasteiger partial charge on any atom is -0.380 e. The summed E-state index contributed by atoms with van der Waals surface area (Å²) < 4.78 is 5.31. The highest BCUT2D eigenvalue weighted by Crippen LogP contribution is 2.45. The first-order chi connectivity index (χ1) is 8.09. The van der Waals surface area contributed by atoms with E-state index in [4.69, 9.17) is 10.5 Å². The number of hydrogen-bond acceptors (Lipinski definition) is 3. The average molecular weight is 242 g/mol. The predicted octanol–water partition coefficient (Wildman–Crippen LogP) is 1.25. The maximum absolute atomic E-state index is 12.4. The molecule has 1 amide bonds. The van der Waals surface area contributed by atoms with Crippen molar-refractivity contribution in [1.82, 2.24) is 4.90 Å². The van der Waals surface area contributed by atoms with Crippen LogP contribution in [-0.2, 0) is 9.53 Å². The number of carbonyl (C=O) groups is 1. The maximum Gasteiger partial charge on any atom is 0.230 e. The lowest BCUT2D eigenvalue weighted by atomic mass is 9.62. The highest BCUT2D eigenvalue weighted by atomic mass is 16.5. The zero-order valence-electron chi connectivity index (χ0n) is 11.4. The molecule has 17 heavy (non-hydrogen) atoms. The summed E-state index contributed by atoms with van der Waals surface area (Å²) in [6.45, 7) is 9.36. The predicted molar refractivity (Wildman–Crippen MR) is 68.6 cm³/mol. The zero-order chi connectivity index (χ0) is 12.9. The summed E-state index contributed by atoms with van der Waals surface area (Å²) in [5.41, 5.74) is 5.52. The van der Waals surface area contributed by atoms with Crippen molar-refractivity contribution in [2.75, 3.05) is 32.8 Å². The van der Waals surface area contributed by atoms with Crippen molar-refractivity contribution < 1.29 is 9.53 Å². The van der Waals surface area contributed by atoms with Crippen molar-refractivity contribution >= 4 is 5.91 Å². The lowest BCUT2D eigenvalue weighted by molar-refractivity contribution is -0.150. The summed E-state index contributed by atoms with van der Waals surface area (Å²) in [6.07, 6.45) is 1.88. The van der Waals surface area contributed by atoms with Crippen LogP contribution in [0.25, 0.3) is 0 Å². The van der Waals surface area contributed by atoms with Crippen LogP contribution in [0.4, 0.5) is 0 Å². The van der Waals surface area contributed by atoms with Gasteiger partial charge in [-0.2, -0.15) is 0 Å². The van der Waals surface area contributed by atoms with E-state index in [1.807, 2.05) is 18.7 Å². The Bertz CT molecular complexity index is 250. The van der Waals surface area contributed by atoms with Crippen molar-refractivity contribution in [2.45, 2.75) is 33.6 Å². The maximum atomic E-state index is 12.4. The van der Waals surface area contributed by atoms with E-state index in [0.717, 1.165) is 19.4 Å². The van der Waals surface area contributed by atoms with Crippen molar-refractivity contribution in [2.24, 2.45) is 17.1 Å². The van der Waals surface area contributed by atoms with Crippen LogP contribution in [-0.4, -0.2) is 43.7 Å². The highest BCUT2D eigenvalue weighted by Gasteiger charge is 2.48. The minimum atomic E-state index is -0.276. The molecule has 100 valence electrons. The zero-order valence-corrected chi connectivity index (χ0v) is 11.4. The SMILES string of the molecule is CCOCCN(CC)C(=O)C1(CN)CC(C)C1. The summed E-state index contributed by atoms with van der Waals surface area (Å²) in [5, 5.41) is 0. The Labute approximate surface area is 104 Å². The molecule has 1 aliphatic carbocycles. The van der Waals surface area contributed by atoms with Crippen molar-refractivity contribution in [3.05, 3.63) is 0 Å². The lowest BCUT2D eigenvalue weighted by Crippen LogP contribution is -2.55. The van der Waals surface area contributed by atoms with Gasteiger partial charge in [-0.3, -0.25) is 4.79 Å². The highest BCUT2D eigenvalue weighted by molar-refractivity contribution is 5.84. The third kappa shape index (κ3) is 3.19. The molecule has 0 aliphatic heterocycles. The molecular formula is C13H26N2O2. The van der Waals surface area contributed by atoms with Crippen molar-refractivity contribution in [3.63, 3.8) is 0 Å². The van der Waals surface area contributed by atoms with Gasteiger partial charge in [0, 0.05) is 26.2 Å². The number of nitrogens with zero attached hydrogens (tertiary/aromatic N) is 1. The fourth-order valence-corrected chi connectivity index (χ4v) is 2.76. The topological polar surface area (TPSA) is 55.6 Å². The number of rotatable bonds is 7. The quantitative estimate of drug-likeness (QED) is 0.684. The molecule has 0 saturated heterocycles. The molecule has 0 aromatic carbocycles. The fourth-order valence-electron chi connectivity index (χ4n) is 2.76. The van der Waals surface area contributed by atoms with Crippen LogP contribution in [0, 0.1) is 11.3 Å². The molecule has 0 radical (unpaired) electrons. The van der Waals surface area contributed by atoms with Gasteiger partial charge in [0.1, 0.15) is 0 Å². The van der Waals surface area contributed by atoms with E-state index >= 15 is 0 Å². The van der Waals surface area contributed by atoms with Gasteiger partial charge in [-0.05, 0) is 32.6 Å². The van der Waals surface area contributed by atoms with Crippen LogP contribution in [0.1, 0.15) is 33.6 Å². The molecule has 0 atom stereocenters. The van der Waals surface area contributed by atoms with E-state index in [2.05, 4.69) is 6.92 Å². The smallest absolute Gasteiger partial charge is 0.230 e. The van der Waals surface area contributed by atoms with Gasteiger partial charge >= 0.3 is 0 Å². The van der Waals surface area contributed by atoms with Crippen LogP contribution in [0.3, 0.4) is 0 Å². The lowest BCUT2D eigenvalue weighted by Gasteiger charge is -2.46. The normalized spacial score (nSPS) is 27.6. The Balaban J connectivity index is 2.52. The Morgan fingerprint density at radius 2 is 2.12 bits per heavy atom. The number of ether oxygens (including phenoxy) is 1. The van der Waals surface area contributed by atoms with Crippen LogP contribution in [0.15, 0.2) is 0 Å². The molecule has 0 bridgehead atoms. The molecule has 1 saturated carbocycles. The molecule has 1 aliphatic rings. The second-order valence-corrected chi connectivity index (χ2v) is 5.08. The van der Waals surface area contributed by atoms with Gasteiger partial charge in [0.15, 0.2) is 0 Å². The minimum absolute atomic E-state index is 0.223. The van der Waals surface area contributed by atoms with Crippen LogP contribution in [0.5, 0.6) is 0 Å². The summed E-state index contributed by atoms with van der Waals surface area (Å²) in [4.78, 5) is 14.3. The van der Waals surface area contributed by atoms with E-state index in [-0.39, 0.29) is 11.3 Å². The summed E-state index contributed by atoms with van der Waals surface area (Å²) in [6, 6.07) is 0. The molecule has 0 aromatic rings. The van der Waals surface area contributed by atoms with Gasteiger partial charge in [-0.25, -0.2) is 0 Å². The van der Waals surface area contributed by atoms with Gasteiger partial charge in [0.2, 0.25) is 5.91 Å².